The van der Waals surface area contributed by atoms with Gasteiger partial charge in [0.05, 0.1) is 17.1 Å². The number of amides is 2. The van der Waals surface area contributed by atoms with Gasteiger partial charge in [-0.05, 0) is 61.4 Å². The smallest absolute Gasteiger partial charge is 0.262 e. The van der Waals surface area contributed by atoms with Crippen molar-refractivity contribution in [3.05, 3.63) is 45.3 Å². The summed E-state index contributed by atoms with van der Waals surface area (Å²) in [6, 6.07) is 6.30. The van der Waals surface area contributed by atoms with Crippen LogP contribution >= 0.6 is 22.9 Å². The summed E-state index contributed by atoms with van der Waals surface area (Å²) >= 11 is 7.28. The molecule has 2 aromatic rings. The summed E-state index contributed by atoms with van der Waals surface area (Å²) in [4.78, 5) is 26.8. The summed E-state index contributed by atoms with van der Waals surface area (Å²) in [5.74, 6) is 0.372. The van der Waals surface area contributed by atoms with Crippen LogP contribution in [0.4, 0.5) is 5.00 Å². The van der Waals surface area contributed by atoms with Gasteiger partial charge in [0.1, 0.15) is 10.8 Å². The molecule has 1 aliphatic carbocycles. The van der Waals surface area contributed by atoms with Gasteiger partial charge in [-0.15, -0.1) is 11.3 Å². The maximum atomic E-state index is 13.1. The predicted molar refractivity (Wildman–Crippen MR) is 126 cm³/mol. The molecule has 4 rings (SSSR count). The second-order valence-electron chi connectivity index (χ2n) is 8.42. The van der Waals surface area contributed by atoms with E-state index in [2.05, 4.69) is 17.6 Å². The minimum Gasteiger partial charge on any atom is -0.484 e. The van der Waals surface area contributed by atoms with Gasteiger partial charge < -0.3 is 15.4 Å². The number of benzene rings is 1. The minimum absolute atomic E-state index is 0.0429. The summed E-state index contributed by atoms with van der Waals surface area (Å²) in [5.41, 5.74) is 1.42. The first-order chi connectivity index (χ1) is 15.2. The highest BCUT2D eigenvalue weighted by Crippen LogP contribution is 2.39. The molecule has 1 aliphatic heterocycles. The Hall–Kier alpha value is -2.10. The third-order valence-electron chi connectivity index (χ3n) is 5.74. The van der Waals surface area contributed by atoms with Crippen molar-refractivity contribution < 1.29 is 22.7 Å². The molecule has 32 heavy (non-hydrogen) atoms. The van der Waals surface area contributed by atoms with Crippen LogP contribution in [0.5, 0.6) is 5.75 Å². The second-order valence-corrected chi connectivity index (χ2v) is 12.2. The van der Waals surface area contributed by atoms with E-state index in [1.54, 1.807) is 24.3 Å². The molecule has 0 saturated carbocycles. The molecule has 1 aromatic heterocycles. The molecule has 10 heteroatoms. The quantitative estimate of drug-likeness (QED) is 0.637. The summed E-state index contributed by atoms with van der Waals surface area (Å²) in [7, 11) is -3.11. The van der Waals surface area contributed by atoms with Gasteiger partial charge in [0.25, 0.3) is 11.8 Å². The van der Waals surface area contributed by atoms with E-state index in [9.17, 15) is 18.0 Å². The van der Waals surface area contributed by atoms with Crippen LogP contribution in [0, 0.1) is 5.92 Å². The van der Waals surface area contributed by atoms with E-state index in [1.165, 1.54) is 11.3 Å². The summed E-state index contributed by atoms with van der Waals surface area (Å²) in [6.07, 6.45) is 2.99. The fourth-order valence-electron chi connectivity index (χ4n) is 4.09. The monoisotopic (exact) mass is 496 g/mol. The van der Waals surface area contributed by atoms with Crippen LogP contribution in [0.1, 0.15) is 40.6 Å². The molecule has 1 saturated heterocycles. The van der Waals surface area contributed by atoms with E-state index in [0.29, 0.717) is 33.7 Å². The highest BCUT2D eigenvalue weighted by atomic mass is 35.5. The molecular formula is C22H25ClN2O5S2. The number of thiophene rings is 1. The van der Waals surface area contributed by atoms with E-state index in [1.807, 2.05) is 0 Å². The lowest BCUT2D eigenvalue weighted by molar-refractivity contribution is -0.118. The number of rotatable bonds is 6. The zero-order valence-corrected chi connectivity index (χ0v) is 20.0. The van der Waals surface area contributed by atoms with E-state index in [4.69, 9.17) is 16.3 Å². The van der Waals surface area contributed by atoms with Crippen LogP contribution in [0.2, 0.25) is 5.02 Å². The molecule has 1 fully saturated rings. The number of halogens is 1. The summed E-state index contributed by atoms with van der Waals surface area (Å²) in [6.45, 7) is 1.96. The molecule has 1 aromatic carbocycles. The topological polar surface area (TPSA) is 102 Å². The van der Waals surface area contributed by atoms with Crippen LogP contribution in [0.25, 0.3) is 0 Å². The number of sulfone groups is 1. The van der Waals surface area contributed by atoms with Crippen molar-refractivity contribution in [2.24, 2.45) is 5.92 Å². The van der Waals surface area contributed by atoms with E-state index >= 15 is 0 Å². The summed E-state index contributed by atoms with van der Waals surface area (Å²) < 4.78 is 29.1. The lowest BCUT2D eigenvalue weighted by Gasteiger charge is -2.19. The van der Waals surface area contributed by atoms with Crippen molar-refractivity contribution in [2.45, 2.75) is 38.6 Å². The number of carbonyl (C=O) groups excluding carboxylic acids is 2. The minimum atomic E-state index is -3.11. The van der Waals surface area contributed by atoms with Gasteiger partial charge >= 0.3 is 0 Å². The summed E-state index contributed by atoms with van der Waals surface area (Å²) in [5, 5.41) is 6.77. The van der Waals surface area contributed by atoms with Crippen LogP contribution in [0.15, 0.2) is 24.3 Å². The van der Waals surface area contributed by atoms with Crippen LogP contribution in [-0.4, -0.2) is 44.4 Å². The van der Waals surface area contributed by atoms with Gasteiger partial charge in [-0.1, -0.05) is 18.5 Å². The first kappa shape index (κ1) is 23.1. The average molecular weight is 497 g/mol. The maximum absolute atomic E-state index is 13.1. The number of hydrogen-bond donors (Lipinski definition) is 2. The standard InChI is InChI=1S/C22H25ClN2O5S2/c1-13-2-7-17-18(10-13)31-22(20(17)21(27)24-15-8-9-32(28,29)12-15)25-19(26)11-30-16-5-3-14(23)4-6-16/h3-6,13,15H,2,7-12H2,1H3,(H,24,27)(H,25,26)/t13-,15+/m0/s1. The van der Waals surface area contributed by atoms with Gasteiger partial charge in [-0.25, -0.2) is 8.42 Å². The number of ether oxygens (including phenoxy) is 1. The van der Waals surface area contributed by atoms with E-state index < -0.39 is 15.9 Å². The van der Waals surface area contributed by atoms with Crippen molar-refractivity contribution in [3.8, 4) is 5.75 Å². The normalized spacial score (nSPS) is 21.6. The molecule has 172 valence electrons. The molecule has 2 atom stereocenters. The fourth-order valence-corrected chi connectivity index (χ4v) is 7.31. The molecule has 2 aliphatic rings. The molecule has 0 bridgehead atoms. The highest BCUT2D eigenvalue weighted by Gasteiger charge is 2.33. The van der Waals surface area contributed by atoms with E-state index in [-0.39, 0.29) is 29.9 Å². The Bertz CT molecular complexity index is 1130. The second kappa shape index (κ2) is 9.41. The number of hydrogen-bond acceptors (Lipinski definition) is 6. The first-order valence-electron chi connectivity index (χ1n) is 10.5. The van der Waals surface area contributed by atoms with Gasteiger partial charge in [0.15, 0.2) is 16.4 Å². The van der Waals surface area contributed by atoms with Crippen molar-refractivity contribution in [3.63, 3.8) is 0 Å². The van der Waals surface area contributed by atoms with Crippen molar-refractivity contribution in [1.82, 2.24) is 5.32 Å². The Morgan fingerprint density at radius 3 is 2.66 bits per heavy atom. The molecule has 2 heterocycles. The molecular weight excluding hydrogens is 472 g/mol. The Morgan fingerprint density at radius 2 is 1.97 bits per heavy atom. The molecule has 7 nitrogen and oxygen atoms in total. The lowest BCUT2D eigenvalue weighted by Crippen LogP contribution is -2.36. The van der Waals surface area contributed by atoms with Gasteiger partial charge in [-0.3, -0.25) is 9.59 Å². The molecule has 2 N–H and O–H groups in total. The molecule has 0 unspecified atom stereocenters. The number of carbonyl (C=O) groups is 2. The van der Waals surface area contributed by atoms with Gasteiger partial charge in [0.2, 0.25) is 0 Å². The molecule has 2 amide bonds. The lowest BCUT2D eigenvalue weighted by atomic mass is 9.88. The third-order valence-corrected chi connectivity index (χ3v) is 8.93. The van der Waals surface area contributed by atoms with E-state index in [0.717, 1.165) is 29.7 Å². The van der Waals surface area contributed by atoms with Crippen LogP contribution < -0.4 is 15.4 Å². The zero-order valence-electron chi connectivity index (χ0n) is 17.6. The van der Waals surface area contributed by atoms with Crippen molar-refractivity contribution in [1.29, 1.82) is 0 Å². The van der Waals surface area contributed by atoms with Crippen LogP contribution in [-0.2, 0) is 27.5 Å². The number of nitrogens with one attached hydrogen (secondary N) is 2. The SMILES string of the molecule is C[C@H]1CCc2c(sc(NC(=O)COc3ccc(Cl)cc3)c2C(=O)N[C@@H]2CCS(=O)(=O)C2)C1. The molecule has 0 radical (unpaired) electrons. The zero-order chi connectivity index (χ0) is 22.9. The number of anilines is 1. The number of fused-ring (bicyclic) bond motifs is 1. The third kappa shape index (κ3) is 5.44. The predicted octanol–water partition coefficient (Wildman–Crippen LogP) is 3.46. The molecule has 0 spiro atoms. The maximum Gasteiger partial charge on any atom is 0.262 e. The Morgan fingerprint density at radius 1 is 1.22 bits per heavy atom. The fraction of sp³-hybridized carbons (Fsp3) is 0.455. The Labute approximate surface area is 196 Å². The van der Waals surface area contributed by atoms with Crippen molar-refractivity contribution >= 4 is 49.6 Å². The largest absolute Gasteiger partial charge is 0.484 e. The average Bonchev–Trinajstić information content (AvgIpc) is 3.25. The van der Waals surface area contributed by atoms with Gasteiger partial charge in [-0.2, -0.15) is 0 Å². The first-order valence-corrected chi connectivity index (χ1v) is 13.6. The Kier molecular flexibility index (Phi) is 6.78. The van der Waals surface area contributed by atoms with Crippen molar-refractivity contribution in [2.75, 3.05) is 23.4 Å². The van der Waals surface area contributed by atoms with Crippen LogP contribution in [0.3, 0.4) is 0 Å². The highest BCUT2D eigenvalue weighted by molar-refractivity contribution is 7.91. The van der Waals surface area contributed by atoms with Gasteiger partial charge in [0, 0.05) is 15.9 Å². The Balaban J connectivity index is 1.49.